The molecule has 3 aromatic rings. The van der Waals surface area contributed by atoms with Crippen molar-refractivity contribution < 1.29 is 9.59 Å². The molecule has 2 amide bonds. The molecule has 24 heavy (non-hydrogen) atoms. The van der Waals surface area contributed by atoms with Crippen LogP contribution in [0.4, 0.5) is 5.69 Å². The van der Waals surface area contributed by atoms with Crippen molar-refractivity contribution in [3.63, 3.8) is 0 Å². The van der Waals surface area contributed by atoms with Crippen molar-refractivity contribution in [2.45, 2.75) is 13.5 Å². The van der Waals surface area contributed by atoms with Crippen LogP contribution >= 0.6 is 11.3 Å². The normalized spacial score (nSPS) is 10.4. The molecular weight excluding hydrogens is 326 g/mol. The van der Waals surface area contributed by atoms with Gasteiger partial charge < -0.3 is 10.6 Å². The maximum absolute atomic E-state index is 12.0. The number of hydrogen-bond acceptors (Lipinski definition) is 5. The molecule has 0 unspecified atom stereocenters. The summed E-state index contributed by atoms with van der Waals surface area (Å²) in [6, 6.07) is 10.8. The summed E-state index contributed by atoms with van der Waals surface area (Å²) in [6.07, 6.45) is 0. The highest BCUT2D eigenvalue weighted by Gasteiger charge is 2.14. The first-order chi connectivity index (χ1) is 11.6. The number of hydrogen-bond donors (Lipinski definition) is 3. The molecule has 3 N–H and O–H groups in total. The maximum Gasteiger partial charge on any atom is 0.313 e. The van der Waals surface area contributed by atoms with Crippen molar-refractivity contribution >= 4 is 28.8 Å². The Morgan fingerprint density at radius 1 is 1.21 bits per heavy atom. The Hall–Kier alpha value is -3.00. The van der Waals surface area contributed by atoms with E-state index < -0.39 is 11.8 Å². The van der Waals surface area contributed by atoms with Crippen LogP contribution in [0.3, 0.4) is 0 Å². The van der Waals surface area contributed by atoms with Gasteiger partial charge in [-0.15, -0.1) is 11.3 Å². The number of aromatic nitrogens is 3. The van der Waals surface area contributed by atoms with Gasteiger partial charge in [0.2, 0.25) is 0 Å². The van der Waals surface area contributed by atoms with Gasteiger partial charge in [0.05, 0.1) is 6.54 Å². The molecule has 8 heteroatoms. The van der Waals surface area contributed by atoms with E-state index >= 15 is 0 Å². The summed E-state index contributed by atoms with van der Waals surface area (Å²) in [7, 11) is 0. The molecule has 2 aromatic heterocycles. The quantitative estimate of drug-likeness (QED) is 0.633. The third-order valence-electron chi connectivity index (χ3n) is 3.19. The van der Waals surface area contributed by atoms with Gasteiger partial charge in [-0.1, -0.05) is 18.2 Å². The van der Waals surface area contributed by atoms with Crippen LogP contribution in [0.2, 0.25) is 0 Å². The highest BCUT2D eigenvalue weighted by atomic mass is 32.1. The van der Waals surface area contributed by atoms with Gasteiger partial charge in [-0.25, -0.2) is 4.98 Å². The number of rotatable bonds is 4. The zero-order valence-corrected chi connectivity index (χ0v) is 13.7. The summed E-state index contributed by atoms with van der Waals surface area (Å²) < 4.78 is 0. The van der Waals surface area contributed by atoms with Gasteiger partial charge >= 0.3 is 11.8 Å². The van der Waals surface area contributed by atoms with E-state index in [-0.39, 0.29) is 0 Å². The molecule has 0 aliphatic rings. The van der Waals surface area contributed by atoms with Crippen LogP contribution in [0, 0.1) is 6.92 Å². The summed E-state index contributed by atoms with van der Waals surface area (Å²) in [5.41, 5.74) is 1.25. The van der Waals surface area contributed by atoms with Gasteiger partial charge in [0, 0.05) is 16.1 Å². The molecule has 0 bridgehead atoms. The zero-order chi connectivity index (χ0) is 16.9. The fraction of sp³-hybridized carbons (Fsp3) is 0.125. The predicted octanol–water partition coefficient (Wildman–Crippen LogP) is 2.10. The predicted molar refractivity (Wildman–Crippen MR) is 91.4 cm³/mol. The molecule has 0 saturated heterocycles. The largest absolute Gasteiger partial charge is 0.343 e. The van der Waals surface area contributed by atoms with Crippen molar-refractivity contribution in [3.05, 3.63) is 52.5 Å². The van der Waals surface area contributed by atoms with Crippen LogP contribution in [0.1, 0.15) is 10.7 Å². The van der Waals surface area contributed by atoms with Crippen molar-refractivity contribution in [2.75, 3.05) is 5.32 Å². The van der Waals surface area contributed by atoms with Gasteiger partial charge in [-0.3, -0.25) is 14.7 Å². The van der Waals surface area contributed by atoms with Crippen LogP contribution in [-0.4, -0.2) is 27.0 Å². The standard InChI is InChI=1S/C16H15N5O2S/c1-10-18-14(21-20-10)11-4-2-5-12(8-11)19-16(23)15(22)17-9-13-6-3-7-24-13/h2-8H,9H2,1H3,(H,17,22)(H,19,23)(H,18,20,21). The lowest BCUT2D eigenvalue weighted by atomic mass is 10.2. The highest BCUT2D eigenvalue weighted by Crippen LogP contribution is 2.19. The van der Waals surface area contributed by atoms with Gasteiger partial charge in [0.25, 0.3) is 0 Å². The molecule has 7 nitrogen and oxygen atoms in total. The number of amides is 2. The zero-order valence-electron chi connectivity index (χ0n) is 12.9. The van der Waals surface area contributed by atoms with E-state index in [1.54, 1.807) is 25.1 Å². The monoisotopic (exact) mass is 341 g/mol. The number of aryl methyl sites for hydroxylation is 1. The number of aromatic amines is 1. The van der Waals surface area contributed by atoms with E-state index in [2.05, 4.69) is 25.8 Å². The lowest BCUT2D eigenvalue weighted by Gasteiger charge is -2.06. The Morgan fingerprint density at radius 3 is 2.79 bits per heavy atom. The molecule has 0 spiro atoms. The minimum Gasteiger partial charge on any atom is -0.343 e. The number of carbonyl (C=O) groups excluding carboxylic acids is 2. The van der Waals surface area contributed by atoms with E-state index in [0.717, 1.165) is 10.4 Å². The van der Waals surface area contributed by atoms with Crippen LogP contribution in [-0.2, 0) is 16.1 Å². The third kappa shape index (κ3) is 3.85. The lowest BCUT2D eigenvalue weighted by Crippen LogP contribution is -2.34. The molecule has 3 rings (SSSR count). The first-order valence-corrected chi connectivity index (χ1v) is 8.11. The highest BCUT2D eigenvalue weighted by molar-refractivity contribution is 7.09. The topological polar surface area (TPSA) is 99.8 Å². The van der Waals surface area contributed by atoms with Crippen LogP contribution in [0.5, 0.6) is 0 Å². The summed E-state index contributed by atoms with van der Waals surface area (Å²) in [5.74, 6) is -0.157. The number of carbonyl (C=O) groups is 2. The van der Waals surface area contributed by atoms with Gasteiger partial charge in [0.1, 0.15) is 5.82 Å². The molecule has 0 atom stereocenters. The number of nitrogens with zero attached hydrogens (tertiary/aromatic N) is 2. The van der Waals surface area contributed by atoms with Crippen LogP contribution in [0.15, 0.2) is 41.8 Å². The number of benzene rings is 1. The summed E-state index contributed by atoms with van der Waals surface area (Å²) in [5, 5.41) is 13.9. The molecule has 122 valence electrons. The Kier molecular flexibility index (Phi) is 4.66. The minimum absolute atomic E-state index is 0.334. The van der Waals surface area contributed by atoms with Crippen molar-refractivity contribution in [2.24, 2.45) is 0 Å². The summed E-state index contributed by atoms with van der Waals surface area (Å²) >= 11 is 1.52. The first kappa shape index (κ1) is 15.9. The van der Waals surface area contributed by atoms with E-state index in [0.29, 0.717) is 23.9 Å². The molecule has 0 aliphatic carbocycles. The SMILES string of the molecule is Cc1nc(-c2cccc(NC(=O)C(=O)NCc3cccs3)c2)n[nH]1. The second-order valence-electron chi connectivity index (χ2n) is 5.04. The fourth-order valence-corrected chi connectivity index (χ4v) is 2.70. The molecule has 0 radical (unpaired) electrons. The number of H-pyrrole nitrogens is 1. The smallest absolute Gasteiger partial charge is 0.313 e. The van der Waals surface area contributed by atoms with E-state index in [9.17, 15) is 9.59 Å². The van der Waals surface area contributed by atoms with Gasteiger partial charge in [0.15, 0.2) is 5.82 Å². The average molecular weight is 341 g/mol. The van der Waals surface area contributed by atoms with E-state index in [1.165, 1.54) is 11.3 Å². The molecular formula is C16H15N5O2S. The molecule has 0 fully saturated rings. The Bertz CT molecular complexity index is 857. The van der Waals surface area contributed by atoms with E-state index in [1.807, 2.05) is 23.6 Å². The Labute approximate surface area is 142 Å². The Morgan fingerprint density at radius 2 is 2.08 bits per heavy atom. The van der Waals surface area contributed by atoms with E-state index in [4.69, 9.17) is 0 Å². The number of nitrogens with one attached hydrogen (secondary N) is 3. The second-order valence-corrected chi connectivity index (χ2v) is 6.07. The lowest BCUT2D eigenvalue weighted by molar-refractivity contribution is -0.136. The third-order valence-corrected chi connectivity index (χ3v) is 4.06. The molecule has 2 heterocycles. The average Bonchev–Trinajstić information content (AvgIpc) is 3.24. The number of anilines is 1. The second kappa shape index (κ2) is 7.05. The first-order valence-electron chi connectivity index (χ1n) is 7.23. The summed E-state index contributed by atoms with van der Waals surface area (Å²) in [6.45, 7) is 2.14. The Balaban J connectivity index is 1.62. The van der Waals surface area contributed by atoms with Crippen LogP contribution < -0.4 is 10.6 Å². The van der Waals surface area contributed by atoms with Crippen molar-refractivity contribution in [1.29, 1.82) is 0 Å². The maximum atomic E-state index is 12.0. The van der Waals surface area contributed by atoms with Gasteiger partial charge in [-0.2, -0.15) is 5.10 Å². The molecule has 0 aliphatic heterocycles. The van der Waals surface area contributed by atoms with Gasteiger partial charge in [-0.05, 0) is 30.5 Å². The summed E-state index contributed by atoms with van der Waals surface area (Å²) in [4.78, 5) is 29.0. The molecule has 1 aromatic carbocycles. The fourth-order valence-electron chi connectivity index (χ4n) is 2.06. The minimum atomic E-state index is -0.713. The van der Waals surface area contributed by atoms with Crippen molar-refractivity contribution in [3.8, 4) is 11.4 Å². The van der Waals surface area contributed by atoms with Crippen molar-refractivity contribution in [1.82, 2.24) is 20.5 Å². The van der Waals surface area contributed by atoms with Crippen LogP contribution in [0.25, 0.3) is 11.4 Å². The molecule has 0 saturated carbocycles. The number of thiophene rings is 1.